The van der Waals surface area contributed by atoms with Crippen LogP contribution in [0.15, 0.2) is 72.5 Å². The number of rotatable bonds is 10. The van der Waals surface area contributed by atoms with Crippen molar-refractivity contribution < 1.29 is 9.16 Å². The van der Waals surface area contributed by atoms with Gasteiger partial charge in [0.25, 0.3) is 8.32 Å². The van der Waals surface area contributed by atoms with E-state index in [-0.39, 0.29) is 0 Å². The monoisotopic (exact) mass is 422 g/mol. The molecule has 3 heteroatoms. The molecule has 0 heterocycles. The Hall–Kier alpha value is -2.26. The lowest BCUT2D eigenvalue weighted by Crippen LogP contribution is -2.47. The van der Waals surface area contributed by atoms with Crippen LogP contribution in [-0.2, 0) is 10.8 Å². The van der Waals surface area contributed by atoms with Gasteiger partial charge < -0.3 is 9.16 Å². The molecule has 0 unspecified atom stereocenters. The molecule has 0 saturated heterocycles. The Morgan fingerprint density at radius 2 is 1.50 bits per heavy atom. The summed E-state index contributed by atoms with van der Waals surface area (Å²) >= 11 is 0. The van der Waals surface area contributed by atoms with Gasteiger partial charge in [-0.25, -0.2) is 0 Å². The fraction of sp³-hybridized carbons (Fsp3) is 0.407. The van der Waals surface area contributed by atoms with Crippen molar-refractivity contribution in [3.8, 4) is 5.75 Å². The summed E-state index contributed by atoms with van der Waals surface area (Å²) in [6, 6.07) is 18.7. The number of benzene rings is 2. The highest BCUT2D eigenvalue weighted by atomic mass is 28.4. The summed E-state index contributed by atoms with van der Waals surface area (Å²) in [5.41, 5.74) is 3.99. The Labute approximate surface area is 184 Å². The van der Waals surface area contributed by atoms with Crippen molar-refractivity contribution >= 4 is 14.4 Å². The minimum Gasteiger partial charge on any atom is -0.543 e. The van der Waals surface area contributed by atoms with Gasteiger partial charge in [-0.3, -0.25) is 0 Å². The molecular formula is C27H38O2Si. The molecule has 30 heavy (non-hydrogen) atoms. The molecule has 2 nitrogen and oxygen atoms in total. The van der Waals surface area contributed by atoms with E-state index in [9.17, 15) is 0 Å². The molecule has 2 aromatic carbocycles. The molecule has 0 bridgehead atoms. The first-order chi connectivity index (χ1) is 14.3. The Balaban J connectivity index is 2.39. The zero-order valence-electron chi connectivity index (χ0n) is 19.7. The zero-order valence-corrected chi connectivity index (χ0v) is 20.7. The largest absolute Gasteiger partial charge is 0.543 e. The Morgan fingerprint density at radius 3 is 2.07 bits per heavy atom. The molecule has 0 aliphatic carbocycles. The summed E-state index contributed by atoms with van der Waals surface area (Å²) < 4.78 is 12.4. The third-order valence-corrected chi connectivity index (χ3v) is 11.9. The van der Waals surface area contributed by atoms with Gasteiger partial charge in [0.1, 0.15) is 5.75 Å². The van der Waals surface area contributed by atoms with E-state index in [2.05, 4.69) is 96.2 Å². The highest BCUT2D eigenvalue weighted by Crippen LogP contribution is 2.43. The SMILES string of the molecule is COc1cccc(C/C=C(\C=C\c2ccccc2)O[Si](C(C)C)(C(C)C)C(C)C)c1. The maximum Gasteiger partial charge on any atom is 0.258 e. The van der Waals surface area contributed by atoms with Crippen LogP contribution in [0.3, 0.4) is 0 Å². The van der Waals surface area contributed by atoms with Gasteiger partial charge in [0.2, 0.25) is 0 Å². The third-order valence-electron chi connectivity index (χ3n) is 5.91. The fourth-order valence-corrected chi connectivity index (χ4v) is 9.73. The number of hydrogen-bond donors (Lipinski definition) is 0. The average molecular weight is 423 g/mol. The number of hydrogen-bond acceptors (Lipinski definition) is 2. The predicted octanol–water partition coefficient (Wildman–Crippen LogP) is 8.03. The lowest BCUT2D eigenvalue weighted by Gasteiger charge is -2.42. The van der Waals surface area contributed by atoms with Crippen molar-refractivity contribution in [3.63, 3.8) is 0 Å². The second-order valence-corrected chi connectivity index (χ2v) is 14.2. The summed E-state index contributed by atoms with van der Waals surface area (Å²) in [4.78, 5) is 0. The van der Waals surface area contributed by atoms with Crippen LogP contribution < -0.4 is 4.74 Å². The van der Waals surface area contributed by atoms with Crippen molar-refractivity contribution in [2.45, 2.75) is 64.6 Å². The Bertz CT molecular complexity index is 813. The van der Waals surface area contributed by atoms with Crippen molar-refractivity contribution in [1.29, 1.82) is 0 Å². The van der Waals surface area contributed by atoms with E-state index >= 15 is 0 Å². The van der Waals surface area contributed by atoms with Gasteiger partial charge in [-0.1, -0.05) is 90.1 Å². The van der Waals surface area contributed by atoms with E-state index in [1.165, 1.54) is 11.1 Å². The van der Waals surface area contributed by atoms with E-state index in [0.717, 1.165) is 17.9 Å². The van der Waals surface area contributed by atoms with Crippen molar-refractivity contribution in [1.82, 2.24) is 0 Å². The molecule has 0 aromatic heterocycles. The highest BCUT2D eigenvalue weighted by molar-refractivity contribution is 6.77. The van der Waals surface area contributed by atoms with E-state index < -0.39 is 8.32 Å². The molecular weight excluding hydrogens is 384 g/mol. The van der Waals surface area contributed by atoms with E-state index in [1.54, 1.807) is 7.11 Å². The summed E-state index contributed by atoms with van der Waals surface area (Å²) in [6.45, 7) is 14.0. The molecule has 0 saturated carbocycles. The topological polar surface area (TPSA) is 18.5 Å². The highest BCUT2D eigenvalue weighted by Gasteiger charge is 2.47. The summed E-state index contributed by atoms with van der Waals surface area (Å²) in [5.74, 6) is 1.86. The van der Waals surface area contributed by atoms with E-state index in [0.29, 0.717) is 16.6 Å². The zero-order chi connectivity index (χ0) is 22.1. The predicted molar refractivity (Wildman–Crippen MR) is 132 cm³/mol. The lowest BCUT2D eigenvalue weighted by atomic mass is 10.1. The molecule has 2 aromatic rings. The van der Waals surface area contributed by atoms with E-state index in [4.69, 9.17) is 9.16 Å². The lowest BCUT2D eigenvalue weighted by molar-refractivity contribution is 0.385. The van der Waals surface area contributed by atoms with Crippen LogP contribution in [0.1, 0.15) is 52.7 Å². The Morgan fingerprint density at radius 1 is 0.867 bits per heavy atom. The first-order valence-electron chi connectivity index (χ1n) is 11.0. The summed E-state index contributed by atoms with van der Waals surface area (Å²) in [6.07, 6.45) is 7.33. The van der Waals surface area contributed by atoms with Crippen molar-refractivity contribution in [3.05, 3.63) is 83.6 Å². The molecule has 0 spiro atoms. The van der Waals surface area contributed by atoms with Gasteiger partial charge in [-0.2, -0.15) is 0 Å². The molecule has 0 aliphatic rings. The van der Waals surface area contributed by atoms with Gasteiger partial charge in [0.05, 0.1) is 12.9 Å². The van der Waals surface area contributed by atoms with Crippen LogP contribution in [0.25, 0.3) is 6.08 Å². The number of methoxy groups -OCH3 is 1. The molecule has 2 rings (SSSR count). The molecule has 0 aliphatic heterocycles. The van der Waals surface area contributed by atoms with Crippen LogP contribution in [0.4, 0.5) is 0 Å². The average Bonchev–Trinajstić information content (AvgIpc) is 2.73. The van der Waals surface area contributed by atoms with Crippen LogP contribution in [-0.4, -0.2) is 15.4 Å². The first kappa shape index (κ1) is 24.0. The van der Waals surface area contributed by atoms with Crippen molar-refractivity contribution in [2.75, 3.05) is 7.11 Å². The standard InChI is InChI=1S/C27H38O2Si/c1-21(2)30(22(3)4,23(5)6)29-26(18-16-24-12-9-8-10-13-24)19-17-25-14-11-15-27(20-25)28-7/h8-16,18-23H,17H2,1-7H3/b18-16+,26-19+. The van der Waals surface area contributed by atoms with Crippen LogP contribution >= 0.6 is 0 Å². The summed E-state index contributed by atoms with van der Waals surface area (Å²) in [5, 5.41) is 0. The molecule has 0 radical (unpaired) electrons. The molecule has 162 valence electrons. The second kappa shape index (κ2) is 11.2. The van der Waals surface area contributed by atoms with Crippen molar-refractivity contribution in [2.24, 2.45) is 0 Å². The van der Waals surface area contributed by atoms with Gasteiger partial charge in [-0.15, -0.1) is 0 Å². The quantitative estimate of drug-likeness (QED) is 0.219. The minimum absolute atomic E-state index is 0.530. The van der Waals surface area contributed by atoms with Gasteiger partial charge >= 0.3 is 0 Å². The maximum absolute atomic E-state index is 7.00. The smallest absolute Gasteiger partial charge is 0.258 e. The number of allylic oxidation sites excluding steroid dienone is 2. The molecule has 0 atom stereocenters. The van der Waals surface area contributed by atoms with Crippen LogP contribution in [0.2, 0.25) is 16.6 Å². The first-order valence-corrected chi connectivity index (χ1v) is 13.2. The molecule has 0 amide bonds. The van der Waals surface area contributed by atoms with Gasteiger partial charge in [0, 0.05) is 0 Å². The maximum atomic E-state index is 7.00. The Kier molecular flexibility index (Phi) is 8.98. The normalized spacial score (nSPS) is 12.9. The second-order valence-electron chi connectivity index (χ2n) is 8.83. The minimum atomic E-state index is -2.03. The van der Waals surface area contributed by atoms with Gasteiger partial charge in [-0.05, 0) is 58.5 Å². The number of ether oxygens (including phenoxy) is 1. The van der Waals surface area contributed by atoms with Crippen LogP contribution in [0.5, 0.6) is 5.75 Å². The van der Waals surface area contributed by atoms with Gasteiger partial charge in [0.15, 0.2) is 0 Å². The molecule has 0 N–H and O–H groups in total. The summed E-state index contributed by atoms with van der Waals surface area (Å²) in [7, 11) is -0.321. The molecule has 0 fully saturated rings. The van der Waals surface area contributed by atoms with Crippen LogP contribution in [0, 0.1) is 0 Å². The third kappa shape index (κ3) is 6.12. The fourth-order valence-electron chi connectivity index (χ4n) is 4.46. The van der Waals surface area contributed by atoms with E-state index in [1.807, 2.05) is 18.2 Å².